The largest absolute Gasteiger partial charge is 0.393 e. The molecule has 0 aromatic heterocycles. The van der Waals surface area contributed by atoms with Crippen molar-refractivity contribution in [3.8, 4) is 0 Å². The fourth-order valence-electron chi connectivity index (χ4n) is 2.59. The Labute approximate surface area is 114 Å². The van der Waals surface area contributed by atoms with Gasteiger partial charge in [0.15, 0.2) is 0 Å². The standard InChI is InChI=1S/C14H15F4NO/c15-11-7-3-1-5-9(11)13(20)19-12-8-4-2-6-10(12)14(16,17)18/h1,3,5,7,10,12H,2,4,6,8H2,(H,19,20)/t10-,12-/m1/s1. The molecular weight excluding hydrogens is 274 g/mol. The average Bonchev–Trinajstić information content (AvgIpc) is 2.38. The van der Waals surface area contributed by atoms with Crippen LogP contribution in [0, 0.1) is 11.7 Å². The summed E-state index contributed by atoms with van der Waals surface area (Å²) in [5.74, 6) is -3.07. The lowest BCUT2D eigenvalue weighted by Gasteiger charge is -2.33. The Hall–Kier alpha value is -1.59. The van der Waals surface area contributed by atoms with Crippen LogP contribution < -0.4 is 5.32 Å². The highest BCUT2D eigenvalue weighted by atomic mass is 19.4. The molecule has 2 nitrogen and oxygen atoms in total. The van der Waals surface area contributed by atoms with Crippen LogP contribution >= 0.6 is 0 Å². The van der Waals surface area contributed by atoms with Crippen LogP contribution in [-0.4, -0.2) is 18.1 Å². The van der Waals surface area contributed by atoms with Gasteiger partial charge in [0.05, 0.1) is 11.5 Å². The van der Waals surface area contributed by atoms with Crippen LogP contribution in [-0.2, 0) is 0 Å². The summed E-state index contributed by atoms with van der Waals surface area (Å²) in [5, 5.41) is 2.33. The van der Waals surface area contributed by atoms with Crippen LogP contribution in [0.1, 0.15) is 36.0 Å². The molecule has 0 heterocycles. The topological polar surface area (TPSA) is 29.1 Å². The summed E-state index contributed by atoms with van der Waals surface area (Å²) < 4.78 is 52.1. The molecule has 1 aromatic rings. The smallest absolute Gasteiger partial charge is 0.349 e. The molecule has 0 unspecified atom stereocenters. The van der Waals surface area contributed by atoms with Gasteiger partial charge in [0, 0.05) is 6.04 Å². The lowest BCUT2D eigenvalue weighted by molar-refractivity contribution is -0.187. The molecule has 110 valence electrons. The van der Waals surface area contributed by atoms with Crippen LogP contribution in [0.25, 0.3) is 0 Å². The molecule has 0 radical (unpaired) electrons. The van der Waals surface area contributed by atoms with E-state index >= 15 is 0 Å². The van der Waals surface area contributed by atoms with E-state index in [1.165, 1.54) is 18.2 Å². The number of hydrogen-bond donors (Lipinski definition) is 1. The first-order valence-corrected chi connectivity index (χ1v) is 6.51. The van der Waals surface area contributed by atoms with E-state index in [4.69, 9.17) is 0 Å². The molecule has 1 fully saturated rings. The zero-order valence-corrected chi connectivity index (χ0v) is 10.7. The molecule has 2 atom stereocenters. The number of halogens is 4. The maximum Gasteiger partial charge on any atom is 0.393 e. The molecule has 6 heteroatoms. The number of carbonyl (C=O) groups is 1. The molecule has 20 heavy (non-hydrogen) atoms. The van der Waals surface area contributed by atoms with Crippen molar-refractivity contribution in [1.82, 2.24) is 5.32 Å². The van der Waals surface area contributed by atoms with Gasteiger partial charge in [0.25, 0.3) is 5.91 Å². The minimum absolute atomic E-state index is 0.00567. The highest BCUT2D eigenvalue weighted by molar-refractivity contribution is 5.94. The van der Waals surface area contributed by atoms with E-state index in [0.717, 1.165) is 6.07 Å². The highest BCUT2D eigenvalue weighted by Gasteiger charge is 2.46. The second-order valence-electron chi connectivity index (χ2n) is 4.99. The van der Waals surface area contributed by atoms with Crippen LogP contribution in [0.3, 0.4) is 0 Å². The van der Waals surface area contributed by atoms with Crippen molar-refractivity contribution in [3.05, 3.63) is 35.6 Å². The molecular formula is C14H15F4NO. The minimum atomic E-state index is -4.34. The SMILES string of the molecule is O=C(N[C@@H]1CCCC[C@H]1C(F)(F)F)c1ccccc1F. The Morgan fingerprint density at radius 2 is 1.80 bits per heavy atom. The number of benzene rings is 1. The van der Waals surface area contributed by atoms with Gasteiger partial charge in [-0.3, -0.25) is 4.79 Å². The number of alkyl halides is 3. The number of nitrogens with one attached hydrogen (secondary N) is 1. The normalized spacial score (nSPS) is 23.4. The summed E-state index contributed by atoms with van der Waals surface area (Å²) in [6.45, 7) is 0. The van der Waals surface area contributed by atoms with Gasteiger partial charge in [-0.1, -0.05) is 25.0 Å². The maximum atomic E-state index is 13.4. The molecule has 0 spiro atoms. The molecule has 2 rings (SSSR count). The van der Waals surface area contributed by atoms with Crippen molar-refractivity contribution in [1.29, 1.82) is 0 Å². The maximum absolute atomic E-state index is 13.4. The van der Waals surface area contributed by atoms with Crippen LogP contribution in [0.2, 0.25) is 0 Å². The van der Waals surface area contributed by atoms with E-state index < -0.39 is 29.9 Å². The number of carbonyl (C=O) groups excluding carboxylic acids is 1. The van der Waals surface area contributed by atoms with Gasteiger partial charge in [-0.2, -0.15) is 13.2 Å². The van der Waals surface area contributed by atoms with Crippen molar-refractivity contribution < 1.29 is 22.4 Å². The van der Waals surface area contributed by atoms with Crippen molar-refractivity contribution in [2.45, 2.75) is 37.9 Å². The summed E-state index contributed by atoms with van der Waals surface area (Å²) in [4.78, 5) is 11.9. The van der Waals surface area contributed by atoms with Crippen molar-refractivity contribution in [3.63, 3.8) is 0 Å². The first kappa shape index (κ1) is 14.8. The van der Waals surface area contributed by atoms with Gasteiger partial charge in [-0.25, -0.2) is 4.39 Å². The van der Waals surface area contributed by atoms with Crippen LogP contribution in [0.15, 0.2) is 24.3 Å². The molecule has 0 aliphatic heterocycles. The monoisotopic (exact) mass is 289 g/mol. The Morgan fingerprint density at radius 1 is 1.15 bits per heavy atom. The molecule has 1 aliphatic rings. The van der Waals surface area contributed by atoms with E-state index in [2.05, 4.69) is 5.32 Å². The average molecular weight is 289 g/mol. The van der Waals surface area contributed by atoms with Crippen LogP contribution in [0.4, 0.5) is 17.6 Å². The Bertz CT molecular complexity index is 486. The third-order valence-electron chi connectivity index (χ3n) is 3.62. The first-order valence-electron chi connectivity index (χ1n) is 6.51. The summed E-state index contributed by atoms with van der Waals surface area (Å²) in [7, 11) is 0. The Kier molecular flexibility index (Phi) is 4.30. The quantitative estimate of drug-likeness (QED) is 0.827. The van der Waals surface area contributed by atoms with E-state index in [-0.39, 0.29) is 18.4 Å². The van der Waals surface area contributed by atoms with Gasteiger partial charge in [0.1, 0.15) is 5.82 Å². The van der Waals surface area contributed by atoms with Gasteiger partial charge in [0.2, 0.25) is 0 Å². The number of amides is 1. The van der Waals surface area contributed by atoms with E-state index in [0.29, 0.717) is 12.8 Å². The summed E-state index contributed by atoms with van der Waals surface area (Å²) in [6.07, 6.45) is -2.94. The van der Waals surface area contributed by atoms with E-state index in [1.54, 1.807) is 0 Å². The Balaban J connectivity index is 2.11. The van der Waals surface area contributed by atoms with Crippen molar-refractivity contribution >= 4 is 5.91 Å². The van der Waals surface area contributed by atoms with Crippen molar-refractivity contribution in [2.75, 3.05) is 0 Å². The molecule has 1 N–H and O–H groups in total. The van der Waals surface area contributed by atoms with E-state index in [1.807, 2.05) is 0 Å². The molecule has 0 saturated heterocycles. The fraction of sp³-hybridized carbons (Fsp3) is 0.500. The summed E-state index contributed by atoms with van der Waals surface area (Å²) in [5.41, 5.74) is -0.223. The number of rotatable bonds is 2. The Morgan fingerprint density at radius 3 is 2.45 bits per heavy atom. The summed E-state index contributed by atoms with van der Waals surface area (Å²) >= 11 is 0. The zero-order valence-electron chi connectivity index (χ0n) is 10.7. The third-order valence-corrected chi connectivity index (χ3v) is 3.62. The molecule has 1 aliphatic carbocycles. The second kappa shape index (κ2) is 5.81. The highest BCUT2D eigenvalue weighted by Crippen LogP contribution is 2.37. The molecule has 0 bridgehead atoms. The van der Waals surface area contributed by atoms with Gasteiger partial charge >= 0.3 is 6.18 Å². The molecule has 1 aromatic carbocycles. The first-order chi connectivity index (χ1) is 9.39. The lowest BCUT2D eigenvalue weighted by atomic mass is 9.84. The fourth-order valence-corrected chi connectivity index (χ4v) is 2.59. The van der Waals surface area contributed by atoms with Crippen molar-refractivity contribution in [2.24, 2.45) is 5.92 Å². The summed E-state index contributed by atoms with van der Waals surface area (Å²) in [6, 6.07) is 4.29. The third kappa shape index (κ3) is 3.29. The van der Waals surface area contributed by atoms with E-state index in [9.17, 15) is 22.4 Å². The lowest BCUT2D eigenvalue weighted by Crippen LogP contribution is -2.47. The number of hydrogen-bond acceptors (Lipinski definition) is 1. The zero-order chi connectivity index (χ0) is 14.8. The predicted octanol–water partition coefficient (Wildman–Crippen LogP) is 3.68. The second-order valence-corrected chi connectivity index (χ2v) is 4.99. The van der Waals surface area contributed by atoms with Crippen LogP contribution in [0.5, 0.6) is 0 Å². The minimum Gasteiger partial charge on any atom is -0.349 e. The predicted molar refractivity (Wildman–Crippen MR) is 65.7 cm³/mol. The molecule has 1 amide bonds. The van der Waals surface area contributed by atoms with Gasteiger partial charge < -0.3 is 5.32 Å². The molecule has 1 saturated carbocycles. The van der Waals surface area contributed by atoms with Gasteiger partial charge in [-0.15, -0.1) is 0 Å². The van der Waals surface area contributed by atoms with Gasteiger partial charge in [-0.05, 0) is 25.0 Å².